The van der Waals surface area contributed by atoms with Gasteiger partial charge in [-0.2, -0.15) is 0 Å². The summed E-state index contributed by atoms with van der Waals surface area (Å²) in [5.74, 6) is -0.0205. The number of hydrogen-bond donors (Lipinski definition) is 1. The van der Waals surface area contributed by atoms with Crippen molar-refractivity contribution in [1.82, 2.24) is 0 Å². The number of rotatable bonds is 6. The van der Waals surface area contributed by atoms with Crippen molar-refractivity contribution in [3.8, 4) is 0 Å². The van der Waals surface area contributed by atoms with Crippen LogP contribution in [0, 0.1) is 0 Å². The van der Waals surface area contributed by atoms with Gasteiger partial charge in [0.15, 0.2) is 0 Å². The third-order valence-corrected chi connectivity index (χ3v) is 6.26. The van der Waals surface area contributed by atoms with E-state index in [0.29, 0.717) is 12.2 Å². The summed E-state index contributed by atoms with van der Waals surface area (Å²) in [6, 6.07) is 12.5. The predicted octanol–water partition coefficient (Wildman–Crippen LogP) is 4.13. The molecule has 27 heavy (non-hydrogen) atoms. The molecule has 0 bridgehead atoms. The molecule has 0 saturated carbocycles. The van der Waals surface area contributed by atoms with Crippen molar-refractivity contribution >= 4 is 27.3 Å². The first-order chi connectivity index (χ1) is 12.9. The minimum absolute atomic E-state index is 0.0205. The average Bonchev–Trinajstić information content (AvgIpc) is 2.66. The standard InChI is InChI=1S/C21H26N2O3S/c1-3-4-6-17-8-10-19(11-9-17)22-27(25,26)20-12-13-21-18(15-20)7-5-14-23(21)16(2)24/h8-13,15,22H,3-7,14H2,1-2H3. The first-order valence-corrected chi connectivity index (χ1v) is 10.9. The van der Waals surface area contributed by atoms with Gasteiger partial charge in [0.05, 0.1) is 4.90 Å². The van der Waals surface area contributed by atoms with E-state index in [1.54, 1.807) is 35.2 Å². The zero-order valence-corrected chi connectivity index (χ0v) is 16.7. The first-order valence-electron chi connectivity index (χ1n) is 9.43. The van der Waals surface area contributed by atoms with Crippen LogP contribution in [0.3, 0.4) is 0 Å². The van der Waals surface area contributed by atoms with Gasteiger partial charge in [0.1, 0.15) is 0 Å². The maximum absolute atomic E-state index is 12.8. The van der Waals surface area contributed by atoms with Gasteiger partial charge in [0, 0.05) is 24.8 Å². The Bertz CT molecular complexity index is 921. The van der Waals surface area contributed by atoms with Crippen LogP contribution in [0.15, 0.2) is 47.4 Å². The monoisotopic (exact) mass is 386 g/mol. The number of anilines is 2. The molecule has 1 aliphatic heterocycles. The lowest BCUT2D eigenvalue weighted by molar-refractivity contribution is -0.116. The lowest BCUT2D eigenvalue weighted by Gasteiger charge is -2.28. The number of unbranched alkanes of at least 4 members (excludes halogenated alkanes) is 1. The average molecular weight is 387 g/mol. The molecule has 6 heteroatoms. The molecule has 1 heterocycles. The Morgan fingerprint density at radius 3 is 2.56 bits per heavy atom. The molecule has 5 nitrogen and oxygen atoms in total. The highest BCUT2D eigenvalue weighted by Crippen LogP contribution is 2.30. The summed E-state index contributed by atoms with van der Waals surface area (Å²) in [7, 11) is -3.67. The van der Waals surface area contributed by atoms with Crippen LogP contribution in [-0.4, -0.2) is 20.9 Å². The number of fused-ring (bicyclic) bond motifs is 1. The Morgan fingerprint density at radius 1 is 1.15 bits per heavy atom. The Balaban J connectivity index is 1.80. The number of benzene rings is 2. The molecule has 0 saturated heterocycles. The second-order valence-corrected chi connectivity index (χ2v) is 8.65. The molecule has 2 aromatic rings. The van der Waals surface area contributed by atoms with Crippen molar-refractivity contribution in [2.45, 2.75) is 50.8 Å². The van der Waals surface area contributed by atoms with Crippen LogP contribution in [0.4, 0.5) is 11.4 Å². The number of aryl methyl sites for hydroxylation is 2. The van der Waals surface area contributed by atoms with E-state index in [1.165, 1.54) is 12.5 Å². The van der Waals surface area contributed by atoms with E-state index in [1.807, 2.05) is 12.1 Å². The van der Waals surface area contributed by atoms with Gasteiger partial charge in [0.2, 0.25) is 5.91 Å². The molecule has 2 aromatic carbocycles. The Hall–Kier alpha value is -2.34. The number of carbonyl (C=O) groups excluding carboxylic acids is 1. The summed E-state index contributed by atoms with van der Waals surface area (Å²) >= 11 is 0. The smallest absolute Gasteiger partial charge is 0.261 e. The van der Waals surface area contributed by atoms with E-state index in [-0.39, 0.29) is 10.8 Å². The summed E-state index contributed by atoms with van der Waals surface area (Å²) in [6.07, 6.45) is 4.86. The molecular weight excluding hydrogens is 360 g/mol. The molecule has 1 aliphatic rings. The number of carbonyl (C=O) groups is 1. The summed E-state index contributed by atoms with van der Waals surface area (Å²) in [6.45, 7) is 4.36. The van der Waals surface area contributed by atoms with Crippen LogP contribution < -0.4 is 9.62 Å². The van der Waals surface area contributed by atoms with Crippen molar-refractivity contribution in [2.75, 3.05) is 16.2 Å². The third-order valence-electron chi connectivity index (χ3n) is 4.89. The molecule has 0 aromatic heterocycles. The van der Waals surface area contributed by atoms with Crippen molar-refractivity contribution in [3.05, 3.63) is 53.6 Å². The van der Waals surface area contributed by atoms with E-state index in [0.717, 1.165) is 43.4 Å². The zero-order valence-electron chi connectivity index (χ0n) is 15.9. The highest BCUT2D eigenvalue weighted by molar-refractivity contribution is 7.92. The minimum atomic E-state index is -3.67. The first kappa shape index (κ1) is 19.4. The molecule has 0 fully saturated rings. The largest absolute Gasteiger partial charge is 0.312 e. The van der Waals surface area contributed by atoms with Gasteiger partial charge in [-0.25, -0.2) is 8.42 Å². The van der Waals surface area contributed by atoms with Crippen molar-refractivity contribution < 1.29 is 13.2 Å². The van der Waals surface area contributed by atoms with Crippen LogP contribution in [0.25, 0.3) is 0 Å². The molecule has 144 valence electrons. The van der Waals surface area contributed by atoms with Gasteiger partial charge in [0.25, 0.3) is 10.0 Å². The van der Waals surface area contributed by atoms with Crippen LogP contribution >= 0.6 is 0 Å². The van der Waals surface area contributed by atoms with Gasteiger partial charge >= 0.3 is 0 Å². The second kappa shape index (κ2) is 8.13. The highest BCUT2D eigenvalue weighted by atomic mass is 32.2. The highest BCUT2D eigenvalue weighted by Gasteiger charge is 2.23. The molecule has 0 unspecified atom stereocenters. The maximum Gasteiger partial charge on any atom is 0.261 e. The fourth-order valence-corrected chi connectivity index (χ4v) is 4.51. The molecule has 3 rings (SSSR count). The van der Waals surface area contributed by atoms with Gasteiger partial charge < -0.3 is 4.90 Å². The van der Waals surface area contributed by atoms with E-state index in [4.69, 9.17) is 0 Å². The Labute approximate surface area is 161 Å². The van der Waals surface area contributed by atoms with Crippen molar-refractivity contribution in [3.63, 3.8) is 0 Å². The molecule has 0 aliphatic carbocycles. The summed E-state index contributed by atoms with van der Waals surface area (Å²) in [5.41, 5.74) is 3.47. The summed E-state index contributed by atoms with van der Waals surface area (Å²) in [5, 5.41) is 0. The van der Waals surface area contributed by atoms with Gasteiger partial charge in [-0.05, 0) is 67.1 Å². The number of sulfonamides is 1. The molecule has 0 spiro atoms. The number of nitrogens with zero attached hydrogens (tertiary/aromatic N) is 1. The van der Waals surface area contributed by atoms with Crippen molar-refractivity contribution in [2.24, 2.45) is 0 Å². The summed E-state index contributed by atoms with van der Waals surface area (Å²) < 4.78 is 28.2. The maximum atomic E-state index is 12.8. The zero-order chi connectivity index (χ0) is 19.4. The van der Waals surface area contributed by atoms with Gasteiger partial charge in [-0.15, -0.1) is 0 Å². The number of nitrogens with one attached hydrogen (secondary N) is 1. The fraction of sp³-hybridized carbons (Fsp3) is 0.381. The number of hydrogen-bond acceptors (Lipinski definition) is 3. The lowest BCUT2D eigenvalue weighted by atomic mass is 10.0. The topological polar surface area (TPSA) is 66.5 Å². The van der Waals surface area contributed by atoms with Crippen LogP contribution in [0.1, 0.15) is 44.2 Å². The fourth-order valence-electron chi connectivity index (χ4n) is 3.40. The lowest BCUT2D eigenvalue weighted by Crippen LogP contribution is -2.33. The predicted molar refractivity (Wildman–Crippen MR) is 109 cm³/mol. The third kappa shape index (κ3) is 4.50. The normalized spacial score (nSPS) is 13.9. The molecule has 1 N–H and O–H groups in total. The van der Waals surface area contributed by atoms with Crippen molar-refractivity contribution in [1.29, 1.82) is 0 Å². The van der Waals surface area contributed by atoms with Crippen LogP contribution in [0.2, 0.25) is 0 Å². The van der Waals surface area contributed by atoms with E-state index in [2.05, 4.69) is 11.6 Å². The Morgan fingerprint density at radius 2 is 1.89 bits per heavy atom. The Kier molecular flexibility index (Phi) is 5.85. The van der Waals surface area contributed by atoms with E-state index >= 15 is 0 Å². The van der Waals surface area contributed by atoms with Gasteiger partial charge in [-0.1, -0.05) is 25.5 Å². The molecule has 1 amide bonds. The number of amides is 1. The van der Waals surface area contributed by atoms with Crippen LogP contribution in [0.5, 0.6) is 0 Å². The van der Waals surface area contributed by atoms with E-state index in [9.17, 15) is 13.2 Å². The quantitative estimate of drug-likeness (QED) is 0.812. The minimum Gasteiger partial charge on any atom is -0.312 e. The van der Waals surface area contributed by atoms with Gasteiger partial charge in [-0.3, -0.25) is 9.52 Å². The molecular formula is C21H26N2O3S. The molecule has 0 atom stereocenters. The SMILES string of the molecule is CCCCc1ccc(NS(=O)(=O)c2ccc3c(c2)CCCN3C(C)=O)cc1. The van der Waals surface area contributed by atoms with E-state index < -0.39 is 10.0 Å². The second-order valence-electron chi connectivity index (χ2n) is 6.97. The van der Waals surface area contributed by atoms with Crippen LogP contribution in [-0.2, 0) is 27.7 Å². The summed E-state index contributed by atoms with van der Waals surface area (Å²) in [4.78, 5) is 13.7. The molecule has 0 radical (unpaired) electrons.